The predicted molar refractivity (Wildman–Crippen MR) is 47.3 cm³/mol. The molecule has 7 nitrogen and oxygen atoms in total. The van der Waals surface area contributed by atoms with Crippen LogP contribution in [-0.2, 0) is 14.6 Å². The average Bonchev–Trinajstić information content (AvgIpc) is 2.82. The van der Waals surface area contributed by atoms with Gasteiger partial charge >= 0.3 is 0 Å². The molecule has 0 bridgehead atoms. The Kier molecular flexibility index (Phi) is 6.54. The third-order valence-corrected chi connectivity index (χ3v) is 1.73. The lowest BCUT2D eigenvalue weighted by molar-refractivity contribution is -0.651. The van der Waals surface area contributed by atoms with E-state index < -0.39 is 10.4 Å². The lowest BCUT2D eigenvalue weighted by Crippen LogP contribution is -2.84. The van der Waals surface area contributed by atoms with Crippen LogP contribution in [0.5, 0.6) is 0 Å². The summed E-state index contributed by atoms with van der Waals surface area (Å²) in [4.78, 5) is 0. The van der Waals surface area contributed by atoms with E-state index in [4.69, 9.17) is 0 Å². The van der Waals surface area contributed by atoms with Crippen LogP contribution < -0.4 is 5.32 Å². The normalized spacial score (nSPS) is 14.8. The molecule has 0 saturated heterocycles. The Hall–Kier alpha value is -0.570. The average molecular weight is 225 g/mol. The maximum Gasteiger partial charge on any atom is 0.229 e. The predicted octanol–water partition coefficient (Wildman–Crippen LogP) is -1.16. The van der Waals surface area contributed by atoms with Gasteiger partial charge in [0.25, 0.3) is 0 Å². The van der Waals surface area contributed by atoms with Gasteiger partial charge in [0.2, 0.25) is 16.6 Å². The fourth-order valence-corrected chi connectivity index (χ4v) is 0.890. The van der Waals surface area contributed by atoms with E-state index in [9.17, 15) is 13.0 Å². The second-order valence-corrected chi connectivity index (χ2v) is 3.51. The lowest BCUT2D eigenvalue weighted by Gasteiger charge is -2.02. The van der Waals surface area contributed by atoms with Gasteiger partial charge in [-0.3, -0.25) is 4.18 Å². The summed E-state index contributed by atoms with van der Waals surface area (Å²) in [7, 11) is -4.42. The molecule has 0 radical (unpaired) electrons. The number of likely N-dealkylation sites (N-methyl/N-ethyl adjacent to an activating group) is 1. The van der Waals surface area contributed by atoms with E-state index in [1.165, 1.54) is 6.92 Å². The topological polar surface area (TPSA) is 108 Å². The van der Waals surface area contributed by atoms with Crippen LogP contribution in [-0.4, -0.2) is 38.8 Å². The van der Waals surface area contributed by atoms with E-state index in [2.05, 4.69) is 26.7 Å². The summed E-state index contributed by atoms with van der Waals surface area (Å²) >= 11 is 0. The van der Waals surface area contributed by atoms with Crippen molar-refractivity contribution in [3.63, 3.8) is 0 Å². The Labute approximate surface area is 83.5 Å². The van der Waals surface area contributed by atoms with Gasteiger partial charge in [-0.15, -0.1) is 0 Å². The van der Waals surface area contributed by atoms with Crippen LogP contribution in [0.4, 0.5) is 0 Å². The molecule has 1 aliphatic heterocycles. The zero-order valence-electron chi connectivity index (χ0n) is 8.21. The number of rotatable bonds is 5. The highest BCUT2D eigenvalue weighted by atomic mass is 32.3. The molecule has 0 spiro atoms. The molecule has 1 aliphatic rings. The van der Waals surface area contributed by atoms with Crippen molar-refractivity contribution in [2.24, 2.45) is 10.2 Å². The van der Waals surface area contributed by atoms with Gasteiger partial charge in [0.1, 0.15) is 6.54 Å². The van der Waals surface area contributed by atoms with Gasteiger partial charge in [-0.25, -0.2) is 8.42 Å². The van der Waals surface area contributed by atoms with Crippen LogP contribution in [0.2, 0.25) is 0 Å². The van der Waals surface area contributed by atoms with Crippen LogP contribution >= 0.6 is 0 Å². The highest BCUT2D eigenvalue weighted by molar-refractivity contribution is 7.80. The van der Waals surface area contributed by atoms with Gasteiger partial charge in [0, 0.05) is 0 Å². The van der Waals surface area contributed by atoms with Gasteiger partial charge < -0.3 is 9.87 Å². The van der Waals surface area contributed by atoms with Crippen molar-refractivity contribution in [1.82, 2.24) is 0 Å². The molecule has 1 rings (SSSR count). The first-order valence-corrected chi connectivity index (χ1v) is 5.64. The van der Waals surface area contributed by atoms with E-state index in [1.807, 2.05) is 0 Å². The minimum Gasteiger partial charge on any atom is -0.726 e. The molecular formula is C6H15N3O4S. The monoisotopic (exact) mass is 225 g/mol. The molecule has 0 fully saturated rings. The van der Waals surface area contributed by atoms with Crippen molar-refractivity contribution in [1.29, 1.82) is 0 Å². The Balaban J connectivity index is 0.000000241. The maximum atomic E-state index is 9.45. The minimum absolute atomic E-state index is 0.0914. The van der Waals surface area contributed by atoms with E-state index in [-0.39, 0.29) is 6.61 Å². The standard InChI is InChI=1S/C4H9N3.C2H6O4S/c1-2-5-3-4-6-7-4;1-2-6-7(3,4)5/h4-5H,2-3H2,1H3;2H2,1H3,(H,3,4,5). The van der Waals surface area contributed by atoms with Crippen LogP contribution in [0.25, 0.3) is 0 Å². The highest BCUT2D eigenvalue weighted by Crippen LogP contribution is 2.04. The quantitative estimate of drug-likeness (QED) is 0.470. The van der Waals surface area contributed by atoms with Crippen LogP contribution in [0.1, 0.15) is 13.8 Å². The van der Waals surface area contributed by atoms with E-state index in [0.717, 1.165) is 13.1 Å². The lowest BCUT2D eigenvalue weighted by atomic mass is 10.5. The number of quaternary nitrogens is 1. The van der Waals surface area contributed by atoms with Gasteiger partial charge in [0.15, 0.2) is 0 Å². The first kappa shape index (κ1) is 13.4. The number of nitrogens with zero attached hydrogens (tertiary/aromatic N) is 2. The van der Waals surface area contributed by atoms with Crippen molar-refractivity contribution < 1.29 is 22.5 Å². The molecule has 84 valence electrons. The molecule has 8 heteroatoms. The third kappa shape index (κ3) is 11.4. The largest absolute Gasteiger partial charge is 0.726 e. The summed E-state index contributed by atoms with van der Waals surface area (Å²) in [5.41, 5.74) is 0. The maximum absolute atomic E-state index is 9.45. The molecule has 0 atom stereocenters. The molecule has 0 aromatic rings. The van der Waals surface area contributed by atoms with Crippen LogP contribution in [0, 0.1) is 0 Å². The van der Waals surface area contributed by atoms with Gasteiger partial charge in [-0.2, -0.15) is 10.2 Å². The molecule has 0 unspecified atom stereocenters. The molecule has 0 aromatic heterocycles. The minimum atomic E-state index is -4.42. The Morgan fingerprint density at radius 2 is 2.00 bits per heavy atom. The second-order valence-electron chi connectivity index (χ2n) is 2.46. The third-order valence-electron chi connectivity index (χ3n) is 1.21. The first-order chi connectivity index (χ1) is 6.49. The highest BCUT2D eigenvalue weighted by Gasteiger charge is 2.15. The van der Waals surface area contributed by atoms with Gasteiger partial charge in [-0.1, -0.05) is 0 Å². The fourth-order valence-electron chi connectivity index (χ4n) is 0.601. The smallest absolute Gasteiger partial charge is 0.229 e. The molecule has 0 aromatic carbocycles. The molecule has 0 saturated carbocycles. The number of hydrogen-bond acceptors (Lipinski definition) is 6. The van der Waals surface area contributed by atoms with E-state index in [1.54, 1.807) is 0 Å². The van der Waals surface area contributed by atoms with Crippen molar-refractivity contribution in [3.8, 4) is 0 Å². The summed E-state index contributed by atoms with van der Waals surface area (Å²) < 4.78 is 32.0. The Bertz CT molecular complexity index is 258. The van der Waals surface area contributed by atoms with Crippen molar-refractivity contribution in [2.45, 2.75) is 20.0 Å². The van der Waals surface area contributed by atoms with Gasteiger partial charge in [0.05, 0.1) is 13.2 Å². The van der Waals surface area contributed by atoms with E-state index >= 15 is 0 Å². The molecule has 14 heavy (non-hydrogen) atoms. The van der Waals surface area contributed by atoms with Crippen molar-refractivity contribution in [2.75, 3.05) is 19.7 Å². The number of nitrogens with two attached hydrogens (primary N) is 1. The summed E-state index contributed by atoms with van der Waals surface area (Å²) in [5, 5.41) is 9.67. The molecule has 0 aliphatic carbocycles. The van der Waals surface area contributed by atoms with Gasteiger partial charge in [-0.05, 0) is 13.8 Å². The van der Waals surface area contributed by atoms with Crippen molar-refractivity contribution >= 4 is 10.4 Å². The Morgan fingerprint density at radius 1 is 1.43 bits per heavy atom. The molecular weight excluding hydrogens is 210 g/mol. The summed E-state index contributed by atoms with van der Waals surface area (Å²) in [5.74, 6) is 0. The SMILES string of the molecule is CCOS(=O)(=O)[O-].CC[NH2+]CC1N=N1. The molecule has 1 heterocycles. The van der Waals surface area contributed by atoms with Crippen molar-refractivity contribution in [3.05, 3.63) is 0 Å². The summed E-state index contributed by atoms with van der Waals surface area (Å²) in [6.45, 7) is 5.65. The zero-order chi connectivity index (χ0) is 11.0. The summed E-state index contributed by atoms with van der Waals surface area (Å²) in [6, 6.07) is 0. The van der Waals surface area contributed by atoms with Crippen LogP contribution in [0.15, 0.2) is 10.2 Å². The fraction of sp³-hybridized carbons (Fsp3) is 1.00. The summed E-state index contributed by atoms with van der Waals surface area (Å²) in [6.07, 6.45) is 0.347. The second kappa shape index (κ2) is 6.82. The molecule has 2 N–H and O–H groups in total. The Morgan fingerprint density at radius 3 is 2.21 bits per heavy atom. The van der Waals surface area contributed by atoms with Crippen LogP contribution in [0.3, 0.4) is 0 Å². The first-order valence-electron chi connectivity index (χ1n) is 4.31. The number of hydrogen-bond donors (Lipinski definition) is 1. The molecule has 0 amide bonds. The van der Waals surface area contributed by atoms with E-state index in [0.29, 0.717) is 6.17 Å². The zero-order valence-corrected chi connectivity index (χ0v) is 9.03.